The van der Waals surface area contributed by atoms with Gasteiger partial charge in [-0.05, 0) is 77.9 Å². The zero-order valence-corrected chi connectivity index (χ0v) is 31.2. The Kier molecular flexibility index (Phi) is 7.03. The summed E-state index contributed by atoms with van der Waals surface area (Å²) in [5.74, 6) is 1.79. The Bertz CT molecular complexity index is 3520. The Balaban J connectivity index is 1.04. The molecule has 0 N–H and O–H groups in total. The van der Waals surface area contributed by atoms with E-state index >= 15 is 0 Å². The average molecular weight is 747 g/mol. The number of furan rings is 1. The van der Waals surface area contributed by atoms with Crippen LogP contribution in [0.3, 0.4) is 0 Å². The quantitative estimate of drug-likeness (QED) is 0.176. The van der Waals surface area contributed by atoms with E-state index in [0.717, 1.165) is 60.7 Å². The van der Waals surface area contributed by atoms with E-state index in [2.05, 4.69) is 162 Å². The molecule has 0 aliphatic carbocycles. The first kappa shape index (κ1) is 31.9. The highest BCUT2D eigenvalue weighted by Crippen LogP contribution is 2.41. The van der Waals surface area contributed by atoms with Gasteiger partial charge in [-0.3, -0.25) is 0 Å². The minimum absolute atomic E-state index is 0.567. The molecule has 0 fully saturated rings. The highest BCUT2D eigenvalue weighted by Gasteiger charge is 2.20. The van der Waals surface area contributed by atoms with Gasteiger partial charge in [-0.25, -0.2) is 15.0 Å². The summed E-state index contributed by atoms with van der Waals surface area (Å²) in [7, 11) is 0. The van der Waals surface area contributed by atoms with Crippen molar-refractivity contribution in [3.63, 3.8) is 0 Å². The van der Waals surface area contributed by atoms with Crippen LogP contribution < -0.4 is 0 Å². The normalized spacial score (nSPS) is 11.9. The zero-order valence-electron chi connectivity index (χ0n) is 30.4. The summed E-state index contributed by atoms with van der Waals surface area (Å²) in [4.78, 5) is 15.7. The van der Waals surface area contributed by atoms with Crippen molar-refractivity contribution in [1.82, 2.24) is 19.5 Å². The van der Waals surface area contributed by atoms with E-state index in [1.54, 1.807) is 11.3 Å². The van der Waals surface area contributed by atoms with Crippen molar-refractivity contribution in [1.29, 1.82) is 0 Å². The van der Waals surface area contributed by atoms with Crippen LogP contribution >= 0.6 is 11.3 Å². The molecule has 0 unspecified atom stereocenters. The zero-order chi connectivity index (χ0) is 37.5. The van der Waals surface area contributed by atoms with Crippen molar-refractivity contribution in [2.45, 2.75) is 0 Å². The Morgan fingerprint density at radius 2 is 1.04 bits per heavy atom. The number of hydrogen-bond acceptors (Lipinski definition) is 5. The predicted molar refractivity (Wildman–Crippen MR) is 236 cm³/mol. The van der Waals surface area contributed by atoms with Crippen molar-refractivity contribution < 1.29 is 4.42 Å². The Labute approximate surface area is 330 Å². The van der Waals surface area contributed by atoms with Crippen LogP contribution in [0.5, 0.6) is 0 Å². The number of fused-ring (bicyclic) bond motifs is 9. The van der Waals surface area contributed by atoms with E-state index in [9.17, 15) is 0 Å². The van der Waals surface area contributed by atoms with Crippen LogP contribution in [0.1, 0.15) is 0 Å². The SMILES string of the molecule is c1ccc(-c2ccc3c(c2)c2ccccc2n3-c2ccc(-c3nc(-c4cccc5c4oc4ccccc45)nc(-c4cccc5sc6ccccc6c45)n3)cc2)cc1. The van der Waals surface area contributed by atoms with Crippen molar-refractivity contribution >= 4 is 75.3 Å². The van der Waals surface area contributed by atoms with Crippen LogP contribution in [0.2, 0.25) is 0 Å². The fourth-order valence-corrected chi connectivity index (χ4v) is 9.58. The molecule has 0 aliphatic rings. The summed E-state index contributed by atoms with van der Waals surface area (Å²) in [6.45, 7) is 0. The summed E-state index contributed by atoms with van der Waals surface area (Å²) in [6.07, 6.45) is 0. The average Bonchev–Trinajstić information content (AvgIpc) is 3.96. The summed E-state index contributed by atoms with van der Waals surface area (Å²) in [5.41, 5.74) is 10.1. The Hall–Kier alpha value is -7.41. The van der Waals surface area contributed by atoms with Gasteiger partial charge in [0.05, 0.1) is 16.6 Å². The molecule has 0 spiro atoms. The van der Waals surface area contributed by atoms with Crippen molar-refractivity contribution in [2.75, 3.05) is 0 Å². The molecule has 0 aliphatic heterocycles. The van der Waals surface area contributed by atoms with Crippen LogP contribution in [0, 0.1) is 0 Å². The lowest BCUT2D eigenvalue weighted by atomic mass is 10.0. The number of aromatic nitrogens is 4. The lowest BCUT2D eigenvalue weighted by Gasteiger charge is -2.11. The van der Waals surface area contributed by atoms with Crippen LogP contribution in [0.15, 0.2) is 186 Å². The van der Waals surface area contributed by atoms with Crippen LogP contribution in [0.25, 0.3) is 115 Å². The molecule has 8 aromatic carbocycles. The molecule has 0 saturated carbocycles. The first-order chi connectivity index (χ1) is 28.2. The van der Waals surface area contributed by atoms with Crippen LogP contribution in [-0.2, 0) is 0 Å². The molecule has 266 valence electrons. The lowest BCUT2D eigenvalue weighted by Crippen LogP contribution is -2.01. The highest BCUT2D eigenvalue weighted by atomic mass is 32.1. The van der Waals surface area contributed by atoms with Gasteiger partial charge in [0.2, 0.25) is 0 Å². The molecule has 0 radical (unpaired) electrons. The standard InChI is InChI=1S/C51H30N4OS/c1-2-12-31(13-3-1)33-26-29-43-41(30-33)35-14-4-7-20-42(35)55(43)34-27-24-32(25-28-34)49-52-50(39-18-11-23-46-47(39)38-16-6-9-22-45(38)57-46)54-51(53-49)40-19-10-17-37-36-15-5-8-21-44(36)56-48(37)40/h1-30H. The van der Waals surface area contributed by atoms with Gasteiger partial charge in [0.1, 0.15) is 11.2 Å². The number of thiophene rings is 1. The largest absolute Gasteiger partial charge is 0.455 e. The fraction of sp³-hybridized carbons (Fsp3) is 0. The first-order valence-electron chi connectivity index (χ1n) is 19.0. The molecular formula is C51H30N4OS. The summed E-state index contributed by atoms with van der Waals surface area (Å²) >= 11 is 1.79. The minimum Gasteiger partial charge on any atom is -0.455 e. The summed E-state index contributed by atoms with van der Waals surface area (Å²) in [6, 6.07) is 63.9. The molecule has 6 heteroatoms. The second-order valence-corrected chi connectivity index (χ2v) is 15.4. The molecule has 0 bridgehead atoms. The maximum atomic E-state index is 6.50. The molecule has 5 nitrogen and oxygen atoms in total. The van der Waals surface area contributed by atoms with E-state index in [1.165, 1.54) is 36.7 Å². The number of para-hydroxylation sites is 3. The van der Waals surface area contributed by atoms with E-state index in [0.29, 0.717) is 17.5 Å². The summed E-state index contributed by atoms with van der Waals surface area (Å²) < 4.78 is 11.3. The first-order valence-corrected chi connectivity index (χ1v) is 19.8. The molecule has 0 atom stereocenters. The molecule has 12 aromatic rings. The molecule has 0 amide bonds. The topological polar surface area (TPSA) is 56.7 Å². The minimum atomic E-state index is 0.567. The number of rotatable bonds is 5. The maximum absolute atomic E-state index is 6.50. The highest BCUT2D eigenvalue weighted by molar-refractivity contribution is 7.25. The molecular weight excluding hydrogens is 717 g/mol. The maximum Gasteiger partial charge on any atom is 0.167 e. The number of benzene rings is 8. The smallest absolute Gasteiger partial charge is 0.167 e. The van der Waals surface area contributed by atoms with E-state index in [1.807, 2.05) is 24.3 Å². The van der Waals surface area contributed by atoms with Gasteiger partial charge in [-0.1, -0.05) is 115 Å². The third-order valence-electron chi connectivity index (χ3n) is 11.1. The molecule has 4 heterocycles. The second-order valence-electron chi connectivity index (χ2n) is 14.4. The lowest BCUT2D eigenvalue weighted by molar-refractivity contribution is 0.669. The van der Waals surface area contributed by atoms with Gasteiger partial charge < -0.3 is 8.98 Å². The summed E-state index contributed by atoms with van der Waals surface area (Å²) in [5, 5.41) is 6.88. The number of nitrogens with zero attached hydrogens (tertiary/aromatic N) is 4. The van der Waals surface area contributed by atoms with Crippen molar-refractivity contribution in [2.24, 2.45) is 0 Å². The van der Waals surface area contributed by atoms with Gasteiger partial charge in [-0.2, -0.15) is 0 Å². The molecule has 57 heavy (non-hydrogen) atoms. The van der Waals surface area contributed by atoms with Gasteiger partial charge >= 0.3 is 0 Å². The van der Waals surface area contributed by atoms with Gasteiger partial charge in [0, 0.05) is 58.5 Å². The van der Waals surface area contributed by atoms with E-state index in [4.69, 9.17) is 19.4 Å². The van der Waals surface area contributed by atoms with E-state index in [-0.39, 0.29) is 0 Å². The number of hydrogen-bond donors (Lipinski definition) is 0. The van der Waals surface area contributed by atoms with E-state index < -0.39 is 0 Å². The van der Waals surface area contributed by atoms with Crippen LogP contribution in [0.4, 0.5) is 0 Å². The van der Waals surface area contributed by atoms with Crippen molar-refractivity contribution in [3.8, 4) is 51.0 Å². The predicted octanol–water partition coefficient (Wildman–Crippen LogP) is 13.9. The molecule has 4 aromatic heterocycles. The Morgan fingerprint density at radius 3 is 1.91 bits per heavy atom. The van der Waals surface area contributed by atoms with Gasteiger partial charge in [-0.15, -0.1) is 11.3 Å². The van der Waals surface area contributed by atoms with Crippen molar-refractivity contribution in [3.05, 3.63) is 182 Å². The molecule has 0 saturated heterocycles. The van der Waals surface area contributed by atoms with Gasteiger partial charge in [0.25, 0.3) is 0 Å². The van der Waals surface area contributed by atoms with Gasteiger partial charge in [0.15, 0.2) is 17.5 Å². The third kappa shape index (κ3) is 5.04. The monoisotopic (exact) mass is 746 g/mol. The van der Waals surface area contributed by atoms with Crippen LogP contribution in [-0.4, -0.2) is 19.5 Å². The second kappa shape index (κ2) is 12.6. The third-order valence-corrected chi connectivity index (χ3v) is 12.2. The molecule has 12 rings (SSSR count). The Morgan fingerprint density at radius 1 is 0.404 bits per heavy atom. The fourth-order valence-electron chi connectivity index (χ4n) is 8.45.